The molecule has 0 fully saturated rings. The third kappa shape index (κ3) is 2.37. The molecule has 0 unspecified atom stereocenters. The van der Waals surface area contributed by atoms with Gasteiger partial charge in [-0.2, -0.15) is 0 Å². The molecule has 0 saturated carbocycles. The number of hydrogen-bond acceptors (Lipinski definition) is 3. The van der Waals surface area contributed by atoms with Crippen LogP contribution in [0.5, 0.6) is 5.75 Å². The molecule has 0 aliphatic carbocycles. The Hall–Kier alpha value is -1.84. The molecule has 0 bridgehead atoms. The van der Waals surface area contributed by atoms with Crippen molar-refractivity contribution < 1.29 is 13.9 Å². The van der Waals surface area contributed by atoms with E-state index >= 15 is 0 Å². The maximum atomic E-state index is 14.2. The van der Waals surface area contributed by atoms with Crippen molar-refractivity contribution in [2.45, 2.75) is 26.7 Å². The first kappa shape index (κ1) is 12.6. The third-order valence-electron chi connectivity index (χ3n) is 2.92. The Balaban J connectivity index is 2.56. The minimum Gasteiger partial charge on any atom is -0.507 e. The van der Waals surface area contributed by atoms with Crippen molar-refractivity contribution in [3.8, 4) is 5.75 Å². The number of aromatic hydroxyl groups is 1. The Morgan fingerprint density at radius 2 is 2.11 bits per heavy atom. The van der Waals surface area contributed by atoms with Crippen LogP contribution in [0.2, 0.25) is 0 Å². The lowest BCUT2D eigenvalue weighted by atomic mass is 10.0. The zero-order chi connectivity index (χ0) is 13.3. The average molecular weight is 249 g/mol. The molecule has 2 N–H and O–H groups in total. The van der Waals surface area contributed by atoms with Crippen molar-refractivity contribution in [3.05, 3.63) is 35.1 Å². The van der Waals surface area contributed by atoms with E-state index in [1.54, 1.807) is 0 Å². The fourth-order valence-electron chi connectivity index (χ4n) is 1.88. The van der Waals surface area contributed by atoms with Crippen molar-refractivity contribution >= 4 is 11.0 Å². The van der Waals surface area contributed by atoms with Crippen LogP contribution in [0.3, 0.4) is 0 Å². The van der Waals surface area contributed by atoms with Crippen LogP contribution in [-0.2, 0) is 6.42 Å². The highest BCUT2D eigenvalue weighted by Crippen LogP contribution is 2.29. The van der Waals surface area contributed by atoms with Crippen molar-refractivity contribution in [3.63, 3.8) is 0 Å². The van der Waals surface area contributed by atoms with Gasteiger partial charge in [0.1, 0.15) is 5.75 Å². The summed E-state index contributed by atoms with van der Waals surface area (Å²) >= 11 is 0. The number of rotatable bonds is 3. The van der Waals surface area contributed by atoms with E-state index in [9.17, 15) is 9.50 Å². The third-order valence-corrected chi connectivity index (χ3v) is 2.92. The molecule has 0 aliphatic rings. The van der Waals surface area contributed by atoms with Gasteiger partial charge in [0.2, 0.25) is 5.55 Å². The zero-order valence-corrected chi connectivity index (χ0v) is 10.5. The number of benzene rings is 1. The Kier molecular flexibility index (Phi) is 3.36. The lowest BCUT2D eigenvalue weighted by Crippen LogP contribution is -2.00. The number of nitrogens with one attached hydrogen (secondary N) is 1. The van der Waals surface area contributed by atoms with Gasteiger partial charge in [-0.3, -0.25) is 5.41 Å². The number of hydrogen-bond donors (Lipinski definition) is 2. The van der Waals surface area contributed by atoms with E-state index in [0.717, 1.165) is 6.42 Å². The summed E-state index contributed by atoms with van der Waals surface area (Å²) in [6.07, 6.45) is 1.38. The minimum absolute atomic E-state index is 0.00564. The van der Waals surface area contributed by atoms with Gasteiger partial charge in [0.05, 0.1) is 5.39 Å². The topological polar surface area (TPSA) is 57.2 Å². The molecule has 0 atom stereocenters. The summed E-state index contributed by atoms with van der Waals surface area (Å²) < 4.78 is 19.2. The highest BCUT2D eigenvalue weighted by molar-refractivity contribution is 5.84. The van der Waals surface area contributed by atoms with Crippen LogP contribution in [0.25, 0.3) is 11.0 Å². The molecular weight excluding hydrogens is 233 g/mol. The first-order valence-electron chi connectivity index (χ1n) is 5.98. The highest BCUT2D eigenvalue weighted by atomic mass is 19.1. The molecule has 0 saturated heterocycles. The lowest BCUT2D eigenvalue weighted by Gasteiger charge is -2.09. The first-order valence-corrected chi connectivity index (χ1v) is 5.98. The molecule has 1 aromatic carbocycles. The largest absolute Gasteiger partial charge is 0.507 e. The second-order valence-electron chi connectivity index (χ2n) is 4.84. The van der Waals surface area contributed by atoms with Gasteiger partial charge < -0.3 is 9.52 Å². The van der Waals surface area contributed by atoms with Gasteiger partial charge in [0.25, 0.3) is 0 Å². The van der Waals surface area contributed by atoms with Crippen molar-refractivity contribution in [2.75, 3.05) is 0 Å². The van der Waals surface area contributed by atoms with E-state index in [2.05, 4.69) is 13.8 Å². The van der Waals surface area contributed by atoms with Gasteiger partial charge in [-0.1, -0.05) is 13.8 Å². The van der Waals surface area contributed by atoms with E-state index in [-0.39, 0.29) is 16.9 Å². The van der Waals surface area contributed by atoms with Gasteiger partial charge in [0.15, 0.2) is 11.4 Å². The van der Waals surface area contributed by atoms with Crippen LogP contribution < -0.4 is 5.55 Å². The predicted octanol–water partition coefficient (Wildman–Crippen LogP) is 3.35. The maximum Gasteiger partial charge on any atom is 0.212 e. The van der Waals surface area contributed by atoms with E-state index in [1.165, 1.54) is 18.2 Å². The standard InChI is InChI=1S/C14H16FNO2/c1-8(2)3-4-9-7-11(17)10-5-6-12(16)18-14(10)13(9)15/h5-8,16-17H,3-4H2,1-2H3. The fourth-order valence-corrected chi connectivity index (χ4v) is 1.88. The van der Waals surface area contributed by atoms with Gasteiger partial charge in [0, 0.05) is 6.07 Å². The van der Waals surface area contributed by atoms with Crippen LogP contribution in [0.15, 0.2) is 22.6 Å². The summed E-state index contributed by atoms with van der Waals surface area (Å²) in [7, 11) is 0. The second kappa shape index (κ2) is 4.80. The number of halogens is 1. The Bertz CT molecular complexity index is 631. The molecule has 0 amide bonds. The molecular formula is C14H16FNO2. The van der Waals surface area contributed by atoms with E-state index in [4.69, 9.17) is 9.83 Å². The molecule has 1 aromatic heterocycles. The molecule has 0 radical (unpaired) electrons. The predicted molar refractivity (Wildman–Crippen MR) is 66.9 cm³/mol. The number of phenolic OH excluding ortho intramolecular Hbond substituents is 1. The Morgan fingerprint density at radius 3 is 2.78 bits per heavy atom. The summed E-state index contributed by atoms with van der Waals surface area (Å²) in [6, 6.07) is 4.32. The number of phenols is 1. The molecule has 18 heavy (non-hydrogen) atoms. The SMILES string of the molecule is CC(C)CCc1cc(O)c2ccc(=N)oc2c1F. The maximum absolute atomic E-state index is 14.2. The molecule has 4 heteroatoms. The monoisotopic (exact) mass is 249 g/mol. The smallest absolute Gasteiger partial charge is 0.212 e. The second-order valence-corrected chi connectivity index (χ2v) is 4.84. The zero-order valence-electron chi connectivity index (χ0n) is 10.5. The minimum atomic E-state index is -0.474. The quantitative estimate of drug-likeness (QED) is 0.876. The summed E-state index contributed by atoms with van der Waals surface area (Å²) in [4.78, 5) is 0. The summed E-state index contributed by atoms with van der Waals surface area (Å²) in [5.74, 6) is -0.0202. The molecule has 96 valence electrons. The summed E-state index contributed by atoms with van der Waals surface area (Å²) in [5.41, 5.74) is 0.270. The molecule has 2 rings (SSSR count). The van der Waals surface area contributed by atoms with Gasteiger partial charge in [-0.05, 0) is 36.5 Å². The average Bonchev–Trinajstić information content (AvgIpc) is 2.31. The summed E-state index contributed by atoms with van der Waals surface area (Å²) in [6.45, 7) is 4.12. The normalized spacial score (nSPS) is 11.3. The van der Waals surface area contributed by atoms with Crippen LogP contribution >= 0.6 is 0 Å². The van der Waals surface area contributed by atoms with Crippen LogP contribution in [0, 0.1) is 17.1 Å². The lowest BCUT2D eigenvalue weighted by molar-refractivity contribution is 0.465. The van der Waals surface area contributed by atoms with E-state index in [0.29, 0.717) is 23.3 Å². The highest BCUT2D eigenvalue weighted by Gasteiger charge is 2.14. The molecule has 0 aliphatic heterocycles. The van der Waals surface area contributed by atoms with Crippen LogP contribution in [0.4, 0.5) is 4.39 Å². The van der Waals surface area contributed by atoms with Gasteiger partial charge in [-0.25, -0.2) is 4.39 Å². The van der Waals surface area contributed by atoms with E-state index in [1.807, 2.05) is 0 Å². The summed E-state index contributed by atoms with van der Waals surface area (Å²) in [5, 5.41) is 17.5. The fraction of sp³-hybridized carbons (Fsp3) is 0.357. The van der Waals surface area contributed by atoms with Crippen molar-refractivity contribution in [2.24, 2.45) is 5.92 Å². The number of fused-ring (bicyclic) bond motifs is 1. The van der Waals surface area contributed by atoms with Gasteiger partial charge in [-0.15, -0.1) is 0 Å². The van der Waals surface area contributed by atoms with Gasteiger partial charge >= 0.3 is 0 Å². The Morgan fingerprint density at radius 1 is 1.39 bits per heavy atom. The first-order chi connectivity index (χ1) is 8.49. The van der Waals surface area contributed by atoms with Crippen molar-refractivity contribution in [1.82, 2.24) is 0 Å². The molecule has 0 spiro atoms. The van der Waals surface area contributed by atoms with Crippen molar-refractivity contribution in [1.29, 1.82) is 5.41 Å². The molecule has 1 heterocycles. The Labute approximate surface area is 104 Å². The van der Waals surface area contributed by atoms with Crippen LogP contribution in [0.1, 0.15) is 25.8 Å². The molecule has 3 nitrogen and oxygen atoms in total. The van der Waals surface area contributed by atoms with E-state index < -0.39 is 5.82 Å². The van der Waals surface area contributed by atoms with Crippen LogP contribution in [-0.4, -0.2) is 5.11 Å². The number of aryl methyl sites for hydroxylation is 1. The molecule has 2 aromatic rings.